The van der Waals surface area contributed by atoms with E-state index < -0.39 is 0 Å². The highest BCUT2D eigenvalue weighted by Crippen LogP contribution is 2.37. The van der Waals surface area contributed by atoms with E-state index in [-0.39, 0.29) is 23.9 Å². The Morgan fingerprint density at radius 1 is 1.32 bits per heavy atom. The summed E-state index contributed by atoms with van der Waals surface area (Å²) in [6.07, 6.45) is 3.93. The number of carbonyl (C=O) groups is 1. The third-order valence-corrected chi connectivity index (χ3v) is 3.89. The third-order valence-electron chi connectivity index (χ3n) is 3.89. The molecule has 1 aromatic rings. The molecule has 0 spiro atoms. The van der Waals surface area contributed by atoms with Gasteiger partial charge in [0, 0.05) is 6.04 Å². The molecule has 4 heteroatoms. The second kappa shape index (κ2) is 4.93. The first-order valence-corrected chi connectivity index (χ1v) is 7.04. The van der Waals surface area contributed by atoms with Crippen molar-refractivity contribution in [1.82, 2.24) is 10.2 Å². The van der Waals surface area contributed by atoms with E-state index in [9.17, 15) is 9.18 Å². The summed E-state index contributed by atoms with van der Waals surface area (Å²) >= 11 is 0. The first-order chi connectivity index (χ1) is 9.20. The number of rotatable bonds is 4. The van der Waals surface area contributed by atoms with E-state index in [4.69, 9.17) is 0 Å². The van der Waals surface area contributed by atoms with Crippen molar-refractivity contribution < 1.29 is 9.18 Å². The smallest absolute Gasteiger partial charge is 0.241 e. The van der Waals surface area contributed by atoms with E-state index in [1.54, 1.807) is 12.1 Å². The maximum absolute atomic E-state index is 13.0. The first-order valence-electron chi connectivity index (χ1n) is 7.04. The Labute approximate surface area is 112 Å². The van der Waals surface area contributed by atoms with Crippen LogP contribution in [0.2, 0.25) is 0 Å². The quantitative estimate of drug-likeness (QED) is 0.904. The molecular weight excluding hydrogens is 243 g/mol. The molecule has 1 saturated heterocycles. The van der Waals surface area contributed by atoms with Crippen LogP contribution in [0.1, 0.15) is 44.3 Å². The molecule has 19 heavy (non-hydrogen) atoms. The Kier molecular flexibility index (Phi) is 3.27. The van der Waals surface area contributed by atoms with Crippen LogP contribution in [0.15, 0.2) is 24.3 Å². The summed E-state index contributed by atoms with van der Waals surface area (Å²) < 4.78 is 13.0. The van der Waals surface area contributed by atoms with Crippen LogP contribution in [0, 0.1) is 5.82 Å². The fourth-order valence-corrected chi connectivity index (χ4v) is 2.79. The minimum Gasteiger partial charge on any atom is -0.319 e. The number of nitrogens with zero attached hydrogens (tertiary/aromatic N) is 1. The lowest BCUT2D eigenvalue weighted by Crippen LogP contribution is -2.33. The molecule has 3 nitrogen and oxygen atoms in total. The summed E-state index contributed by atoms with van der Waals surface area (Å²) in [5.41, 5.74) is 0.972. The van der Waals surface area contributed by atoms with Gasteiger partial charge in [0.2, 0.25) is 5.91 Å². The van der Waals surface area contributed by atoms with Gasteiger partial charge in [-0.1, -0.05) is 25.5 Å². The molecule has 2 unspecified atom stereocenters. The molecule has 102 valence electrons. The second-order valence-electron chi connectivity index (χ2n) is 5.44. The van der Waals surface area contributed by atoms with Gasteiger partial charge in [-0.2, -0.15) is 0 Å². The normalized spacial score (nSPS) is 27.1. The number of nitrogens with one attached hydrogen (secondary N) is 1. The molecule has 0 bridgehead atoms. The monoisotopic (exact) mass is 262 g/mol. The summed E-state index contributed by atoms with van der Waals surface area (Å²) in [6.45, 7) is 2.08. The second-order valence-corrected chi connectivity index (χ2v) is 5.44. The number of amides is 1. The number of carbonyl (C=O) groups excluding carboxylic acids is 1. The molecular formula is C15H19FN2O. The van der Waals surface area contributed by atoms with Crippen molar-refractivity contribution in [3.05, 3.63) is 35.6 Å². The number of benzene rings is 1. The van der Waals surface area contributed by atoms with Crippen molar-refractivity contribution in [2.75, 3.05) is 0 Å². The van der Waals surface area contributed by atoms with Gasteiger partial charge in [0.1, 0.15) is 12.0 Å². The summed E-state index contributed by atoms with van der Waals surface area (Å²) in [5.74, 6) is -0.0326. The zero-order valence-corrected chi connectivity index (χ0v) is 11.1. The standard InChI is InChI=1S/C15H19FN2O/c1-2-3-13-15(19)18(12-8-9-12)14(17-13)10-4-6-11(16)7-5-10/h4-7,12-14,17H,2-3,8-9H2,1H3. The van der Waals surface area contributed by atoms with Crippen LogP contribution in [-0.2, 0) is 4.79 Å². The summed E-state index contributed by atoms with van der Waals surface area (Å²) in [5, 5.41) is 3.40. The van der Waals surface area contributed by atoms with Gasteiger partial charge >= 0.3 is 0 Å². The van der Waals surface area contributed by atoms with E-state index in [0.717, 1.165) is 31.2 Å². The molecule has 2 aliphatic rings. The average Bonchev–Trinajstić information content (AvgIpc) is 3.18. The molecule has 1 N–H and O–H groups in total. The van der Waals surface area contributed by atoms with Crippen LogP contribution in [-0.4, -0.2) is 22.9 Å². The van der Waals surface area contributed by atoms with Crippen molar-refractivity contribution in [1.29, 1.82) is 0 Å². The molecule has 2 atom stereocenters. The van der Waals surface area contributed by atoms with Gasteiger partial charge in [0.15, 0.2) is 0 Å². The maximum Gasteiger partial charge on any atom is 0.241 e. The van der Waals surface area contributed by atoms with E-state index in [0.29, 0.717) is 6.04 Å². The Bertz CT molecular complexity index is 470. The SMILES string of the molecule is CCCC1NC(c2ccc(F)cc2)N(C2CC2)C1=O. The van der Waals surface area contributed by atoms with Crippen molar-refractivity contribution in [2.24, 2.45) is 0 Å². The van der Waals surface area contributed by atoms with Gasteiger partial charge in [-0.15, -0.1) is 0 Å². The minimum absolute atomic E-state index is 0.0827. The lowest BCUT2D eigenvalue weighted by Gasteiger charge is -2.24. The van der Waals surface area contributed by atoms with Gasteiger partial charge in [0.25, 0.3) is 0 Å². The number of hydrogen-bond acceptors (Lipinski definition) is 2. The van der Waals surface area contributed by atoms with Crippen molar-refractivity contribution >= 4 is 5.91 Å². The van der Waals surface area contributed by atoms with E-state index >= 15 is 0 Å². The van der Waals surface area contributed by atoms with E-state index in [2.05, 4.69) is 12.2 Å². The summed E-state index contributed by atoms with van der Waals surface area (Å²) in [7, 11) is 0. The van der Waals surface area contributed by atoms with Crippen molar-refractivity contribution in [3.63, 3.8) is 0 Å². The average molecular weight is 262 g/mol. The van der Waals surface area contributed by atoms with Gasteiger partial charge in [-0.05, 0) is 37.0 Å². The van der Waals surface area contributed by atoms with Gasteiger partial charge in [-0.25, -0.2) is 4.39 Å². The maximum atomic E-state index is 13.0. The molecule has 2 fully saturated rings. The Morgan fingerprint density at radius 2 is 2.00 bits per heavy atom. The van der Waals surface area contributed by atoms with E-state index in [1.807, 2.05) is 4.90 Å². The molecule has 1 aliphatic carbocycles. The fraction of sp³-hybridized carbons (Fsp3) is 0.533. The molecule has 1 heterocycles. The zero-order valence-electron chi connectivity index (χ0n) is 11.1. The molecule has 1 saturated carbocycles. The molecule has 0 radical (unpaired) electrons. The highest BCUT2D eigenvalue weighted by molar-refractivity contribution is 5.85. The summed E-state index contributed by atoms with van der Waals surface area (Å²) in [4.78, 5) is 14.4. The largest absolute Gasteiger partial charge is 0.319 e. The zero-order chi connectivity index (χ0) is 13.4. The Hall–Kier alpha value is -1.42. The fourth-order valence-electron chi connectivity index (χ4n) is 2.79. The highest BCUT2D eigenvalue weighted by atomic mass is 19.1. The Morgan fingerprint density at radius 3 is 2.58 bits per heavy atom. The third kappa shape index (κ3) is 2.37. The first kappa shape index (κ1) is 12.6. The lowest BCUT2D eigenvalue weighted by atomic mass is 10.1. The number of hydrogen-bond donors (Lipinski definition) is 1. The van der Waals surface area contributed by atoms with Crippen LogP contribution in [0.3, 0.4) is 0 Å². The van der Waals surface area contributed by atoms with Crippen LogP contribution >= 0.6 is 0 Å². The minimum atomic E-state index is -0.240. The predicted molar refractivity (Wildman–Crippen MR) is 70.8 cm³/mol. The van der Waals surface area contributed by atoms with Gasteiger partial charge < -0.3 is 4.90 Å². The van der Waals surface area contributed by atoms with Gasteiger partial charge in [-0.3, -0.25) is 10.1 Å². The van der Waals surface area contributed by atoms with Crippen molar-refractivity contribution in [2.45, 2.75) is 50.9 Å². The highest BCUT2D eigenvalue weighted by Gasteiger charge is 2.46. The van der Waals surface area contributed by atoms with Crippen LogP contribution in [0.4, 0.5) is 4.39 Å². The van der Waals surface area contributed by atoms with Crippen LogP contribution in [0.5, 0.6) is 0 Å². The van der Waals surface area contributed by atoms with Crippen molar-refractivity contribution in [3.8, 4) is 0 Å². The molecule has 1 amide bonds. The molecule has 1 aliphatic heterocycles. The summed E-state index contributed by atoms with van der Waals surface area (Å²) in [6, 6.07) is 6.74. The molecule has 1 aromatic carbocycles. The topological polar surface area (TPSA) is 32.3 Å². The van der Waals surface area contributed by atoms with Crippen LogP contribution < -0.4 is 5.32 Å². The lowest BCUT2D eigenvalue weighted by molar-refractivity contribution is -0.130. The Balaban J connectivity index is 1.86. The van der Waals surface area contributed by atoms with Gasteiger partial charge in [0.05, 0.1) is 6.04 Å². The van der Waals surface area contributed by atoms with E-state index in [1.165, 1.54) is 12.1 Å². The molecule has 3 rings (SSSR count). The molecule has 0 aromatic heterocycles. The van der Waals surface area contributed by atoms with Crippen LogP contribution in [0.25, 0.3) is 0 Å². The predicted octanol–water partition coefficient (Wildman–Crippen LogP) is 2.59. The number of halogens is 1.